The highest BCUT2D eigenvalue weighted by atomic mass is 19.1. The van der Waals surface area contributed by atoms with Crippen LogP contribution in [-0.4, -0.2) is 50.1 Å². The highest BCUT2D eigenvalue weighted by Crippen LogP contribution is 2.34. The molecule has 0 radical (unpaired) electrons. The topological polar surface area (TPSA) is 108 Å². The molecule has 3 N–H and O–H groups in total. The van der Waals surface area contributed by atoms with Crippen LogP contribution in [0.4, 0.5) is 10.3 Å². The molecule has 0 saturated carbocycles. The average Bonchev–Trinajstić information content (AvgIpc) is 3.02. The number of nitrogen functional groups attached to an aromatic ring is 1. The predicted molar refractivity (Wildman–Crippen MR) is 71.4 cm³/mol. The van der Waals surface area contributed by atoms with E-state index in [9.17, 15) is 4.39 Å². The van der Waals surface area contributed by atoms with Gasteiger partial charge >= 0.3 is 0 Å². The molecule has 0 aliphatic carbocycles. The summed E-state index contributed by atoms with van der Waals surface area (Å²) in [7, 11) is 0. The van der Waals surface area contributed by atoms with Gasteiger partial charge in [-0.3, -0.25) is 4.57 Å². The molecule has 9 heteroatoms. The van der Waals surface area contributed by atoms with Gasteiger partial charge in [0.2, 0.25) is 11.8 Å². The van der Waals surface area contributed by atoms with Crippen LogP contribution in [0.25, 0.3) is 11.2 Å². The fraction of sp³-hybridized carbons (Fsp3) is 0.583. The molecular formula is C12H16FN5O3. The largest absolute Gasteiger partial charge is 0.476 e. The van der Waals surface area contributed by atoms with Gasteiger partial charge in [-0.1, -0.05) is 0 Å². The van der Waals surface area contributed by atoms with Crippen molar-refractivity contribution in [1.29, 1.82) is 0 Å². The minimum Gasteiger partial charge on any atom is -0.476 e. The Bertz CT molecular complexity index is 649. The number of nitrogens with zero attached hydrogens (tertiary/aromatic N) is 4. The number of fused-ring (bicyclic) bond motifs is 1. The number of rotatable bonds is 4. The monoisotopic (exact) mass is 297 g/mol. The second-order valence-electron chi connectivity index (χ2n) is 4.73. The Morgan fingerprint density at radius 1 is 1.57 bits per heavy atom. The third-order valence-corrected chi connectivity index (χ3v) is 3.29. The summed E-state index contributed by atoms with van der Waals surface area (Å²) in [5.74, 6) is 0.269. The van der Waals surface area contributed by atoms with Crippen molar-refractivity contribution in [3.05, 3.63) is 6.33 Å². The number of aliphatic hydroxyl groups excluding tert-OH is 1. The third kappa shape index (κ3) is 2.38. The second kappa shape index (κ2) is 5.41. The van der Waals surface area contributed by atoms with Crippen LogP contribution in [-0.2, 0) is 4.74 Å². The molecule has 1 fully saturated rings. The van der Waals surface area contributed by atoms with E-state index in [1.807, 2.05) is 6.92 Å². The van der Waals surface area contributed by atoms with E-state index in [1.54, 1.807) is 0 Å². The summed E-state index contributed by atoms with van der Waals surface area (Å²) in [5, 5.41) is 9.09. The zero-order valence-electron chi connectivity index (χ0n) is 11.4. The van der Waals surface area contributed by atoms with E-state index in [0.717, 1.165) is 0 Å². The van der Waals surface area contributed by atoms with E-state index in [0.29, 0.717) is 17.8 Å². The number of ether oxygens (including phenoxy) is 2. The zero-order chi connectivity index (χ0) is 15.0. The Kier molecular flexibility index (Phi) is 3.60. The van der Waals surface area contributed by atoms with E-state index >= 15 is 0 Å². The summed E-state index contributed by atoms with van der Waals surface area (Å²) in [4.78, 5) is 12.2. The number of aliphatic hydroxyl groups is 1. The molecule has 0 bridgehead atoms. The lowest BCUT2D eigenvalue weighted by Gasteiger charge is -2.15. The van der Waals surface area contributed by atoms with Crippen LogP contribution >= 0.6 is 0 Å². The van der Waals surface area contributed by atoms with Crippen LogP contribution in [0.2, 0.25) is 0 Å². The van der Waals surface area contributed by atoms with Gasteiger partial charge < -0.3 is 20.3 Å². The van der Waals surface area contributed by atoms with Crippen molar-refractivity contribution in [3.8, 4) is 5.88 Å². The van der Waals surface area contributed by atoms with Crippen LogP contribution in [0, 0.1) is 0 Å². The standard InChI is InChI=1S/C12H16FN5O3/c1-2-20-10-8-9(16-12(14)17-10)18(5-15-8)11-7(13)3-6(4-19)21-11/h5-7,11,19H,2-4H2,1H3,(H2,14,16,17)/t6-,7+,11+/m0/s1. The first-order chi connectivity index (χ1) is 10.1. The first-order valence-corrected chi connectivity index (χ1v) is 6.67. The van der Waals surface area contributed by atoms with Crippen molar-refractivity contribution in [2.45, 2.75) is 31.8 Å². The van der Waals surface area contributed by atoms with Gasteiger partial charge in [0.15, 0.2) is 17.4 Å². The molecule has 0 spiro atoms. The zero-order valence-corrected chi connectivity index (χ0v) is 11.4. The maximum atomic E-state index is 14.1. The second-order valence-corrected chi connectivity index (χ2v) is 4.73. The molecule has 8 nitrogen and oxygen atoms in total. The first kappa shape index (κ1) is 14.0. The van der Waals surface area contributed by atoms with Crippen molar-refractivity contribution in [1.82, 2.24) is 19.5 Å². The Balaban J connectivity index is 2.04. The van der Waals surface area contributed by atoms with E-state index in [4.69, 9.17) is 20.3 Å². The van der Waals surface area contributed by atoms with Crippen molar-refractivity contribution in [2.75, 3.05) is 18.9 Å². The van der Waals surface area contributed by atoms with Gasteiger partial charge in [-0.2, -0.15) is 9.97 Å². The molecular weight excluding hydrogens is 281 g/mol. The number of halogens is 1. The molecule has 0 unspecified atom stereocenters. The molecule has 114 valence electrons. The van der Waals surface area contributed by atoms with Gasteiger partial charge in [0.05, 0.1) is 25.6 Å². The molecule has 1 saturated heterocycles. The molecule has 1 aliphatic heterocycles. The van der Waals surface area contributed by atoms with Crippen LogP contribution in [0.15, 0.2) is 6.33 Å². The number of hydrogen-bond acceptors (Lipinski definition) is 7. The molecule has 0 amide bonds. The van der Waals surface area contributed by atoms with Gasteiger partial charge in [-0.05, 0) is 6.92 Å². The Morgan fingerprint density at radius 2 is 2.38 bits per heavy atom. The summed E-state index contributed by atoms with van der Waals surface area (Å²) in [6.07, 6.45) is -1.15. The maximum Gasteiger partial charge on any atom is 0.247 e. The van der Waals surface area contributed by atoms with Crippen LogP contribution in [0.3, 0.4) is 0 Å². The van der Waals surface area contributed by atoms with Gasteiger partial charge in [0.1, 0.15) is 6.17 Å². The number of imidazole rings is 1. The molecule has 2 aromatic heterocycles. The lowest BCUT2D eigenvalue weighted by molar-refractivity contribution is -0.0351. The number of nitrogens with two attached hydrogens (primary N) is 1. The van der Waals surface area contributed by atoms with Crippen LogP contribution in [0.5, 0.6) is 5.88 Å². The average molecular weight is 297 g/mol. The third-order valence-electron chi connectivity index (χ3n) is 3.29. The molecule has 0 aromatic carbocycles. The summed E-state index contributed by atoms with van der Waals surface area (Å²) in [6.45, 7) is 1.98. The fourth-order valence-electron chi connectivity index (χ4n) is 2.39. The van der Waals surface area contributed by atoms with Crippen molar-refractivity contribution < 1.29 is 19.0 Å². The Hall–Kier alpha value is -2.00. The Labute approximate surface area is 119 Å². The van der Waals surface area contributed by atoms with Gasteiger partial charge in [-0.25, -0.2) is 9.37 Å². The molecule has 3 atom stereocenters. The number of anilines is 1. The smallest absolute Gasteiger partial charge is 0.247 e. The van der Waals surface area contributed by atoms with E-state index < -0.39 is 18.5 Å². The highest BCUT2D eigenvalue weighted by Gasteiger charge is 2.37. The molecule has 1 aliphatic rings. The van der Waals surface area contributed by atoms with Crippen LogP contribution < -0.4 is 10.5 Å². The molecule has 21 heavy (non-hydrogen) atoms. The van der Waals surface area contributed by atoms with Crippen molar-refractivity contribution >= 4 is 17.1 Å². The lowest BCUT2D eigenvalue weighted by atomic mass is 10.2. The summed E-state index contributed by atoms with van der Waals surface area (Å²) in [6, 6.07) is 0. The normalized spacial score (nSPS) is 25.6. The van der Waals surface area contributed by atoms with E-state index in [1.165, 1.54) is 10.9 Å². The molecule has 3 heterocycles. The van der Waals surface area contributed by atoms with Gasteiger partial charge in [0, 0.05) is 6.42 Å². The van der Waals surface area contributed by atoms with Gasteiger partial charge in [0.25, 0.3) is 0 Å². The van der Waals surface area contributed by atoms with Crippen molar-refractivity contribution in [2.24, 2.45) is 0 Å². The van der Waals surface area contributed by atoms with Crippen LogP contribution in [0.1, 0.15) is 19.6 Å². The highest BCUT2D eigenvalue weighted by molar-refractivity contribution is 5.77. The lowest BCUT2D eigenvalue weighted by Crippen LogP contribution is -2.17. The minimum atomic E-state index is -1.26. The molecule has 2 aromatic rings. The fourth-order valence-corrected chi connectivity index (χ4v) is 2.39. The Morgan fingerprint density at radius 3 is 3.05 bits per heavy atom. The number of alkyl halides is 1. The number of aromatic nitrogens is 4. The summed E-state index contributed by atoms with van der Waals surface area (Å²) in [5.41, 5.74) is 6.39. The van der Waals surface area contributed by atoms with Gasteiger partial charge in [-0.15, -0.1) is 0 Å². The van der Waals surface area contributed by atoms with E-state index in [-0.39, 0.29) is 24.9 Å². The first-order valence-electron chi connectivity index (χ1n) is 6.67. The van der Waals surface area contributed by atoms with Crippen molar-refractivity contribution in [3.63, 3.8) is 0 Å². The summed E-state index contributed by atoms with van der Waals surface area (Å²) < 4.78 is 26.4. The number of hydrogen-bond donors (Lipinski definition) is 2. The van der Waals surface area contributed by atoms with E-state index in [2.05, 4.69) is 15.0 Å². The minimum absolute atomic E-state index is 0.0137. The molecule has 3 rings (SSSR count). The maximum absolute atomic E-state index is 14.1. The SMILES string of the molecule is CCOc1nc(N)nc2c1ncn2[C@@H]1O[C@H](CO)C[C@H]1F. The predicted octanol–water partition coefficient (Wildman–Crippen LogP) is 0.425. The summed E-state index contributed by atoms with van der Waals surface area (Å²) >= 11 is 0. The quantitative estimate of drug-likeness (QED) is 0.842.